The molecule has 1 atom stereocenters. The van der Waals surface area contributed by atoms with Gasteiger partial charge in [-0.2, -0.15) is 8.42 Å². The molecule has 0 radical (unpaired) electrons. The fourth-order valence-corrected chi connectivity index (χ4v) is 4.08. The molecule has 24 heteroatoms. The molecule has 2 aliphatic rings. The van der Waals surface area contributed by atoms with Crippen molar-refractivity contribution in [1.82, 2.24) is 10.1 Å². The Bertz CT molecular complexity index is 1280. The number of nitrogens with zero attached hydrogens (tertiary/aromatic N) is 2. The van der Waals surface area contributed by atoms with E-state index in [1.807, 2.05) is 0 Å². The van der Waals surface area contributed by atoms with Gasteiger partial charge < -0.3 is 38.1 Å². The van der Waals surface area contributed by atoms with Crippen molar-refractivity contribution in [3.8, 4) is 0 Å². The number of rotatable bonds is 24. The lowest BCUT2D eigenvalue weighted by molar-refractivity contribution is -0.198. The summed E-state index contributed by atoms with van der Waals surface area (Å²) in [5.41, 5.74) is 0. The smallest absolute Gasteiger partial charge is 0.378 e. The molecule has 274 valence electrons. The average molecular weight is 737 g/mol. The Kier molecular flexibility index (Phi) is 21.1. The highest BCUT2D eigenvalue weighted by atomic mass is 32.2. The maximum atomic E-state index is 11.8. The molecular formula is C24H36N2O20S2. The third kappa shape index (κ3) is 18.7. The van der Waals surface area contributed by atoms with Crippen LogP contribution in [0.15, 0.2) is 0 Å². The lowest BCUT2D eigenvalue weighted by atomic mass is 10.4. The van der Waals surface area contributed by atoms with Gasteiger partial charge in [-0.1, -0.05) is 0 Å². The Morgan fingerprint density at radius 1 is 0.604 bits per heavy atom. The third-order valence-corrected chi connectivity index (χ3v) is 6.66. The molecule has 4 amide bonds. The minimum absolute atomic E-state index is 0.0289. The van der Waals surface area contributed by atoms with Crippen molar-refractivity contribution in [2.24, 2.45) is 0 Å². The van der Waals surface area contributed by atoms with E-state index in [1.165, 1.54) is 0 Å². The SMILES string of the molecule is O=C(CCOCCOCCOCCOCCOCCOCCC(=O)ON1C(=O)CC(S(=O)(=O)O)C1=O)ON1C(=O)CCC1=O.O=S(=O)=O. The van der Waals surface area contributed by atoms with Crippen molar-refractivity contribution in [3.05, 3.63) is 0 Å². The Hall–Kier alpha value is -3.49. The molecule has 0 aromatic rings. The fourth-order valence-electron chi connectivity index (χ4n) is 3.38. The van der Waals surface area contributed by atoms with Crippen molar-refractivity contribution in [3.63, 3.8) is 0 Å². The number of imide groups is 2. The predicted octanol–water partition coefficient (Wildman–Crippen LogP) is -3.06. The number of hydrogen-bond donors (Lipinski definition) is 1. The van der Waals surface area contributed by atoms with E-state index in [9.17, 15) is 37.2 Å². The van der Waals surface area contributed by atoms with Crippen LogP contribution in [-0.2, 0) is 87.6 Å². The molecule has 2 fully saturated rings. The lowest BCUT2D eigenvalue weighted by Crippen LogP contribution is -2.36. The van der Waals surface area contributed by atoms with Crippen molar-refractivity contribution < 1.29 is 92.5 Å². The minimum Gasteiger partial charge on any atom is -0.378 e. The van der Waals surface area contributed by atoms with Gasteiger partial charge in [0.05, 0.1) is 98.5 Å². The first-order chi connectivity index (χ1) is 22.7. The third-order valence-electron chi connectivity index (χ3n) is 5.57. The molecule has 48 heavy (non-hydrogen) atoms. The second kappa shape index (κ2) is 23.8. The first-order valence-corrected chi connectivity index (χ1v) is 16.6. The summed E-state index contributed by atoms with van der Waals surface area (Å²) in [7, 11) is -7.90. The van der Waals surface area contributed by atoms with Gasteiger partial charge in [-0.25, -0.2) is 9.59 Å². The van der Waals surface area contributed by atoms with Crippen LogP contribution in [0.3, 0.4) is 0 Å². The van der Waals surface area contributed by atoms with Gasteiger partial charge in [0.15, 0.2) is 5.25 Å². The summed E-state index contributed by atoms with van der Waals surface area (Å²) in [4.78, 5) is 78.8. The molecule has 2 rings (SSSR count). The highest BCUT2D eigenvalue weighted by Crippen LogP contribution is 2.20. The predicted molar refractivity (Wildman–Crippen MR) is 149 cm³/mol. The minimum atomic E-state index is -4.79. The molecule has 0 aromatic carbocycles. The van der Waals surface area contributed by atoms with Crippen molar-refractivity contribution in [2.45, 2.75) is 37.4 Å². The van der Waals surface area contributed by atoms with Crippen LogP contribution in [0.4, 0.5) is 0 Å². The summed E-state index contributed by atoms with van der Waals surface area (Å²) in [5.74, 6) is -5.20. The maximum absolute atomic E-state index is 11.8. The van der Waals surface area contributed by atoms with Gasteiger partial charge in [-0.05, 0) is 0 Å². The molecule has 0 saturated carbocycles. The van der Waals surface area contributed by atoms with Crippen LogP contribution in [0.25, 0.3) is 0 Å². The summed E-state index contributed by atoms with van der Waals surface area (Å²) >= 11 is 0. The lowest BCUT2D eigenvalue weighted by Gasteiger charge is -2.13. The van der Waals surface area contributed by atoms with Crippen LogP contribution >= 0.6 is 0 Å². The van der Waals surface area contributed by atoms with Gasteiger partial charge in [0.2, 0.25) is 0 Å². The van der Waals surface area contributed by atoms with Crippen LogP contribution in [0.2, 0.25) is 0 Å². The number of hydroxylamine groups is 4. The van der Waals surface area contributed by atoms with E-state index in [0.717, 1.165) is 0 Å². The van der Waals surface area contributed by atoms with Crippen LogP contribution in [0, 0.1) is 0 Å². The zero-order valence-electron chi connectivity index (χ0n) is 25.5. The molecule has 0 aliphatic carbocycles. The van der Waals surface area contributed by atoms with Crippen LogP contribution in [0.5, 0.6) is 0 Å². The monoisotopic (exact) mass is 736 g/mol. The first-order valence-electron chi connectivity index (χ1n) is 14.1. The number of amides is 4. The van der Waals surface area contributed by atoms with Gasteiger partial charge in [-0.3, -0.25) is 23.7 Å². The summed E-state index contributed by atoms with van der Waals surface area (Å²) in [6, 6.07) is 0. The molecule has 22 nitrogen and oxygen atoms in total. The largest absolute Gasteiger partial charge is 0.425 e. The summed E-state index contributed by atoms with van der Waals surface area (Å²) < 4.78 is 88.2. The van der Waals surface area contributed by atoms with Gasteiger partial charge in [-0.15, -0.1) is 22.8 Å². The Labute approximate surface area is 275 Å². The van der Waals surface area contributed by atoms with Crippen molar-refractivity contribution in [1.29, 1.82) is 0 Å². The highest BCUT2D eigenvalue weighted by Gasteiger charge is 2.48. The molecule has 0 bridgehead atoms. The number of carbonyl (C=O) groups is 6. The average Bonchev–Trinajstić information content (AvgIpc) is 3.47. The normalized spacial score (nSPS) is 16.2. The summed E-state index contributed by atoms with van der Waals surface area (Å²) in [6.45, 7) is 2.76. The molecule has 0 spiro atoms. The van der Waals surface area contributed by atoms with Crippen LogP contribution < -0.4 is 0 Å². The summed E-state index contributed by atoms with van der Waals surface area (Å²) in [5, 5.41) is -1.47. The highest BCUT2D eigenvalue weighted by molar-refractivity contribution is 7.87. The van der Waals surface area contributed by atoms with E-state index >= 15 is 0 Å². The molecule has 2 saturated heterocycles. The summed E-state index contributed by atoms with van der Waals surface area (Å²) in [6.07, 6.45) is -1.18. The molecule has 2 aliphatic heterocycles. The van der Waals surface area contributed by atoms with Gasteiger partial charge >= 0.3 is 22.5 Å². The first kappa shape index (κ1) is 42.5. The van der Waals surface area contributed by atoms with E-state index in [0.29, 0.717) is 38.1 Å². The number of carbonyl (C=O) groups excluding carboxylic acids is 6. The molecular weight excluding hydrogens is 700 g/mol. The van der Waals surface area contributed by atoms with Crippen molar-refractivity contribution in [2.75, 3.05) is 79.3 Å². The molecule has 1 unspecified atom stereocenters. The maximum Gasteiger partial charge on any atom is 0.425 e. The second-order valence-electron chi connectivity index (χ2n) is 9.12. The van der Waals surface area contributed by atoms with Gasteiger partial charge in [0.1, 0.15) is 0 Å². The zero-order chi connectivity index (χ0) is 36.0. The Morgan fingerprint density at radius 2 is 0.917 bits per heavy atom. The van der Waals surface area contributed by atoms with E-state index in [1.54, 1.807) is 0 Å². The molecule has 2 heterocycles. The topological polar surface area (TPSA) is 288 Å². The van der Waals surface area contributed by atoms with E-state index in [-0.39, 0.29) is 77.0 Å². The molecule has 0 aromatic heterocycles. The quantitative estimate of drug-likeness (QED) is 0.0584. The van der Waals surface area contributed by atoms with Crippen molar-refractivity contribution >= 4 is 56.3 Å². The van der Waals surface area contributed by atoms with E-state index in [4.69, 9.17) is 50.4 Å². The zero-order valence-corrected chi connectivity index (χ0v) is 27.1. The second-order valence-corrected chi connectivity index (χ2v) is 11.1. The molecule has 1 N–H and O–H groups in total. The van der Waals surface area contributed by atoms with E-state index < -0.39 is 68.0 Å². The number of ether oxygens (including phenoxy) is 6. The van der Waals surface area contributed by atoms with E-state index in [2.05, 4.69) is 4.84 Å². The van der Waals surface area contributed by atoms with Gasteiger partial charge in [0, 0.05) is 12.8 Å². The number of hydrogen-bond acceptors (Lipinski definition) is 19. The van der Waals surface area contributed by atoms with Crippen LogP contribution in [-0.4, -0.2) is 156 Å². The Balaban J connectivity index is 0.00000272. The standard InChI is InChI=1S/C24H36N2O17S.O3S/c27-19-1-2-20(28)25(19)42-22(30)3-5-36-7-9-38-11-13-40-15-16-41-14-12-39-10-8-37-6-4-23(31)43-26-21(29)17-18(24(26)32)44(33,34)35;1-4(2)3/h18H,1-17H2,(H,33,34,35);. The van der Waals surface area contributed by atoms with Gasteiger partial charge in [0.25, 0.3) is 33.7 Å². The Morgan fingerprint density at radius 3 is 1.23 bits per heavy atom. The fraction of sp³-hybridized carbons (Fsp3) is 0.750. The van der Waals surface area contributed by atoms with Crippen LogP contribution in [0.1, 0.15) is 32.1 Å².